The van der Waals surface area contributed by atoms with Gasteiger partial charge >= 0.3 is 0 Å². The maximum atomic E-state index is 10.2. The third kappa shape index (κ3) is 6.58. The van der Waals surface area contributed by atoms with Gasteiger partial charge in [-0.3, -0.25) is 0 Å². The van der Waals surface area contributed by atoms with Gasteiger partial charge in [-0.05, 0) is 18.4 Å². The van der Waals surface area contributed by atoms with Gasteiger partial charge in [-0.1, -0.05) is 49.3 Å². The van der Waals surface area contributed by atoms with E-state index in [0.717, 1.165) is 23.6 Å². The average Bonchev–Trinajstić information content (AvgIpc) is 3.07. The van der Waals surface area contributed by atoms with Gasteiger partial charge in [0.25, 0.3) is 0 Å². The SMILES string of the molecule is CCNC(=NCc1cc(C(C)C)no1)NCC(O)Cc1ccccc1. The van der Waals surface area contributed by atoms with Gasteiger partial charge in [-0.25, -0.2) is 4.99 Å². The van der Waals surface area contributed by atoms with E-state index in [-0.39, 0.29) is 0 Å². The Balaban J connectivity index is 1.86. The molecule has 0 aliphatic rings. The number of nitrogens with one attached hydrogen (secondary N) is 2. The second-order valence-corrected chi connectivity index (χ2v) is 6.29. The van der Waals surface area contributed by atoms with Gasteiger partial charge in [0.05, 0.1) is 11.8 Å². The highest BCUT2D eigenvalue weighted by atomic mass is 16.5. The molecule has 0 bridgehead atoms. The van der Waals surface area contributed by atoms with Gasteiger partial charge < -0.3 is 20.3 Å². The smallest absolute Gasteiger partial charge is 0.191 e. The van der Waals surface area contributed by atoms with Crippen LogP contribution in [0.15, 0.2) is 45.9 Å². The fraction of sp³-hybridized carbons (Fsp3) is 0.474. The number of hydrogen-bond donors (Lipinski definition) is 3. The molecule has 1 atom stereocenters. The lowest BCUT2D eigenvalue weighted by atomic mass is 10.1. The van der Waals surface area contributed by atoms with Crippen molar-refractivity contribution in [3.05, 3.63) is 53.4 Å². The van der Waals surface area contributed by atoms with Crippen LogP contribution in [0.5, 0.6) is 0 Å². The second-order valence-electron chi connectivity index (χ2n) is 6.29. The molecule has 136 valence electrons. The lowest BCUT2D eigenvalue weighted by Crippen LogP contribution is -2.41. The van der Waals surface area contributed by atoms with E-state index >= 15 is 0 Å². The van der Waals surface area contributed by atoms with Gasteiger partial charge in [0, 0.05) is 25.6 Å². The predicted octanol–water partition coefficient (Wildman–Crippen LogP) is 2.46. The molecule has 0 aliphatic heterocycles. The average molecular weight is 344 g/mol. The molecule has 6 nitrogen and oxygen atoms in total. The maximum absolute atomic E-state index is 10.2. The molecule has 0 amide bonds. The number of aliphatic hydroxyl groups is 1. The summed E-state index contributed by atoms with van der Waals surface area (Å²) in [7, 11) is 0. The van der Waals surface area contributed by atoms with Crippen molar-refractivity contribution < 1.29 is 9.63 Å². The minimum absolute atomic E-state index is 0.334. The lowest BCUT2D eigenvalue weighted by Gasteiger charge is -2.15. The van der Waals surface area contributed by atoms with Crippen LogP contribution < -0.4 is 10.6 Å². The van der Waals surface area contributed by atoms with Gasteiger partial charge in [0.1, 0.15) is 6.54 Å². The monoisotopic (exact) mass is 344 g/mol. The Morgan fingerprint density at radius 3 is 2.64 bits per heavy atom. The van der Waals surface area contributed by atoms with E-state index in [9.17, 15) is 5.11 Å². The highest BCUT2D eigenvalue weighted by Gasteiger charge is 2.09. The Morgan fingerprint density at radius 2 is 2.00 bits per heavy atom. The van der Waals surface area contributed by atoms with Crippen molar-refractivity contribution in [2.45, 2.75) is 45.8 Å². The minimum Gasteiger partial charge on any atom is -0.391 e. The molecule has 1 heterocycles. The van der Waals surface area contributed by atoms with Crippen molar-refractivity contribution in [1.29, 1.82) is 0 Å². The minimum atomic E-state index is -0.482. The molecule has 0 radical (unpaired) electrons. The van der Waals surface area contributed by atoms with Crippen molar-refractivity contribution >= 4 is 5.96 Å². The van der Waals surface area contributed by atoms with Crippen LogP contribution >= 0.6 is 0 Å². The van der Waals surface area contributed by atoms with E-state index in [0.29, 0.717) is 31.4 Å². The van der Waals surface area contributed by atoms with Crippen molar-refractivity contribution in [1.82, 2.24) is 15.8 Å². The lowest BCUT2D eigenvalue weighted by molar-refractivity contribution is 0.177. The molecule has 0 spiro atoms. The molecule has 1 aromatic carbocycles. The summed E-state index contributed by atoms with van der Waals surface area (Å²) in [5.41, 5.74) is 2.04. The zero-order chi connectivity index (χ0) is 18.1. The van der Waals surface area contributed by atoms with E-state index in [4.69, 9.17) is 4.52 Å². The molecule has 6 heteroatoms. The Bertz CT molecular complexity index is 652. The molecule has 3 N–H and O–H groups in total. The number of aliphatic hydroxyl groups excluding tert-OH is 1. The molecule has 1 unspecified atom stereocenters. The fourth-order valence-corrected chi connectivity index (χ4v) is 2.35. The van der Waals surface area contributed by atoms with Gasteiger partial charge in [-0.2, -0.15) is 0 Å². The first-order valence-electron chi connectivity index (χ1n) is 8.78. The molecule has 25 heavy (non-hydrogen) atoms. The molecule has 0 aliphatic carbocycles. The Labute approximate surface area is 149 Å². The van der Waals surface area contributed by atoms with Crippen LogP contribution in [0.3, 0.4) is 0 Å². The van der Waals surface area contributed by atoms with Crippen LogP contribution in [-0.4, -0.2) is 35.4 Å². The van der Waals surface area contributed by atoms with Crippen LogP contribution in [0.2, 0.25) is 0 Å². The summed E-state index contributed by atoms with van der Waals surface area (Å²) in [5, 5.41) is 20.6. The first kappa shape index (κ1) is 19.0. The van der Waals surface area contributed by atoms with E-state index in [1.54, 1.807) is 0 Å². The normalized spacial score (nSPS) is 13.1. The molecular formula is C19H28N4O2. The van der Waals surface area contributed by atoms with Gasteiger partial charge in [0.2, 0.25) is 0 Å². The topological polar surface area (TPSA) is 82.7 Å². The number of nitrogens with zero attached hydrogens (tertiary/aromatic N) is 2. The summed E-state index contributed by atoms with van der Waals surface area (Å²) in [5.74, 6) is 1.71. The summed E-state index contributed by atoms with van der Waals surface area (Å²) in [4.78, 5) is 4.48. The number of aliphatic imine (C=N–C) groups is 1. The van der Waals surface area contributed by atoms with Crippen LogP contribution in [0.25, 0.3) is 0 Å². The largest absolute Gasteiger partial charge is 0.391 e. The summed E-state index contributed by atoms with van der Waals surface area (Å²) in [6, 6.07) is 11.9. The third-order valence-corrected chi connectivity index (χ3v) is 3.73. The van der Waals surface area contributed by atoms with Crippen LogP contribution in [0.4, 0.5) is 0 Å². The second kappa shape index (κ2) is 9.84. The third-order valence-electron chi connectivity index (χ3n) is 3.73. The standard InChI is InChI=1S/C19H28N4O2/c1-4-20-19(22-13-17-11-18(14(2)3)23-25-17)21-12-16(24)10-15-8-6-5-7-9-15/h5-9,11,14,16,24H,4,10,12-13H2,1-3H3,(H2,20,21,22). The number of guanidine groups is 1. The highest BCUT2D eigenvalue weighted by molar-refractivity contribution is 5.79. The van der Waals surface area contributed by atoms with Crippen molar-refractivity contribution in [2.24, 2.45) is 4.99 Å². The van der Waals surface area contributed by atoms with Crippen molar-refractivity contribution in [2.75, 3.05) is 13.1 Å². The molecule has 0 fully saturated rings. The number of hydrogen-bond acceptors (Lipinski definition) is 4. The summed E-state index contributed by atoms with van der Waals surface area (Å²) in [6.07, 6.45) is 0.122. The van der Waals surface area contributed by atoms with Gasteiger partial charge in [-0.15, -0.1) is 0 Å². The molecule has 2 rings (SSSR count). The summed E-state index contributed by atoms with van der Waals surface area (Å²) >= 11 is 0. The molecular weight excluding hydrogens is 316 g/mol. The van der Waals surface area contributed by atoms with Crippen LogP contribution in [-0.2, 0) is 13.0 Å². The van der Waals surface area contributed by atoms with Crippen LogP contribution in [0, 0.1) is 0 Å². The van der Waals surface area contributed by atoms with Gasteiger partial charge in [0.15, 0.2) is 11.7 Å². The molecule has 0 saturated carbocycles. The molecule has 1 aromatic heterocycles. The summed E-state index contributed by atoms with van der Waals surface area (Å²) in [6.45, 7) is 7.73. The Morgan fingerprint density at radius 1 is 1.24 bits per heavy atom. The summed E-state index contributed by atoms with van der Waals surface area (Å²) < 4.78 is 5.30. The number of benzene rings is 1. The van der Waals surface area contributed by atoms with Crippen LogP contribution in [0.1, 0.15) is 43.7 Å². The highest BCUT2D eigenvalue weighted by Crippen LogP contribution is 2.14. The predicted molar refractivity (Wildman–Crippen MR) is 99.6 cm³/mol. The van der Waals surface area contributed by atoms with Crippen molar-refractivity contribution in [3.8, 4) is 0 Å². The van der Waals surface area contributed by atoms with E-state index in [1.807, 2.05) is 43.3 Å². The van der Waals surface area contributed by atoms with Crippen molar-refractivity contribution in [3.63, 3.8) is 0 Å². The zero-order valence-electron chi connectivity index (χ0n) is 15.2. The first-order valence-corrected chi connectivity index (χ1v) is 8.78. The van der Waals surface area contributed by atoms with E-state index < -0.39 is 6.10 Å². The quantitative estimate of drug-likeness (QED) is 0.506. The molecule has 2 aromatic rings. The van der Waals surface area contributed by atoms with E-state index in [2.05, 4.69) is 34.6 Å². The molecule has 0 saturated heterocycles. The zero-order valence-corrected chi connectivity index (χ0v) is 15.2. The number of aromatic nitrogens is 1. The number of rotatable bonds is 8. The Hall–Kier alpha value is -2.34. The first-order chi connectivity index (χ1) is 12.1. The fourth-order valence-electron chi connectivity index (χ4n) is 2.35. The van der Waals surface area contributed by atoms with E-state index in [1.165, 1.54) is 0 Å². The maximum Gasteiger partial charge on any atom is 0.191 e. The Kier molecular flexibility index (Phi) is 7.47.